The Labute approximate surface area is 98.6 Å². The van der Waals surface area contributed by atoms with Crippen molar-refractivity contribution in [1.29, 1.82) is 0 Å². The van der Waals surface area contributed by atoms with Gasteiger partial charge in [-0.1, -0.05) is 5.92 Å². The highest BCUT2D eigenvalue weighted by Crippen LogP contribution is 2.16. The van der Waals surface area contributed by atoms with E-state index in [-0.39, 0.29) is 12.1 Å². The van der Waals surface area contributed by atoms with Crippen molar-refractivity contribution < 1.29 is 0 Å². The molecular weight excluding hydrogens is 254 g/mol. The Balaban J connectivity index is 2.79. The van der Waals surface area contributed by atoms with Crippen molar-refractivity contribution >= 4 is 15.9 Å². The Kier molecular flexibility index (Phi) is 4.76. The van der Waals surface area contributed by atoms with Gasteiger partial charge >= 0.3 is 0 Å². The van der Waals surface area contributed by atoms with Gasteiger partial charge in [0.2, 0.25) is 0 Å². The second-order valence-corrected chi connectivity index (χ2v) is 4.20. The van der Waals surface area contributed by atoms with E-state index in [2.05, 4.69) is 32.2 Å². The first-order valence-electron chi connectivity index (χ1n) is 4.70. The molecule has 1 aromatic rings. The fraction of sp³-hybridized carbons (Fsp3) is 0.364. The van der Waals surface area contributed by atoms with E-state index in [0.29, 0.717) is 6.54 Å². The van der Waals surface area contributed by atoms with Gasteiger partial charge in [0.25, 0.3) is 0 Å². The zero-order valence-electron chi connectivity index (χ0n) is 8.57. The van der Waals surface area contributed by atoms with E-state index >= 15 is 0 Å². The third-order valence-corrected chi connectivity index (χ3v) is 2.50. The predicted octanol–water partition coefficient (Wildman–Crippen LogP) is 1.46. The van der Waals surface area contributed by atoms with Crippen LogP contribution >= 0.6 is 15.9 Å². The standard InChI is InChI=1S/C11H14BrN3/c1-3-8(2)15-11(5-13)9-4-10(12)7-14-6-9/h1,4,6-8,11,15H,5,13H2,2H3. The van der Waals surface area contributed by atoms with Crippen LogP contribution in [-0.4, -0.2) is 17.6 Å². The van der Waals surface area contributed by atoms with Crippen LogP contribution in [0.5, 0.6) is 0 Å². The Morgan fingerprint density at radius 1 is 1.67 bits per heavy atom. The maximum atomic E-state index is 5.68. The summed E-state index contributed by atoms with van der Waals surface area (Å²) in [5.74, 6) is 2.62. The van der Waals surface area contributed by atoms with Gasteiger partial charge in [-0.3, -0.25) is 10.3 Å². The van der Waals surface area contributed by atoms with Gasteiger partial charge in [-0.25, -0.2) is 0 Å². The van der Waals surface area contributed by atoms with E-state index in [1.807, 2.05) is 13.0 Å². The number of halogens is 1. The highest BCUT2D eigenvalue weighted by molar-refractivity contribution is 9.10. The molecule has 1 heterocycles. The largest absolute Gasteiger partial charge is 0.329 e. The smallest absolute Gasteiger partial charge is 0.0663 e. The first-order valence-corrected chi connectivity index (χ1v) is 5.49. The summed E-state index contributed by atoms with van der Waals surface area (Å²) in [4.78, 5) is 4.09. The fourth-order valence-corrected chi connectivity index (χ4v) is 1.65. The maximum absolute atomic E-state index is 5.68. The average Bonchev–Trinajstić information content (AvgIpc) is 2.25. The summed E-state index contributed by atoms with van der Waals surface area (Å²) in [5, 5.41) is 3.24. The molecule has 0 aliphatic heterocycles. The Morgan fingerprint density at radius 3 is 2.93 bits per heavy atom. The lowest BCUT2D eigenvalue weighted by Gasteiger charge is -2.19. The molecular formula is C11H14BrN3. The number of hydrogen-bond donors (Lipinski definition) is 2. The van der Waals surface area contributed by atoms with Gasteiger partial charge in [-0.15, -0.1) is 6.42 Å². The van der Waals surface area contributed by atoms with Crippen LogP contribution in [0.4, 0.5) is 0 Å². The van der Waals surface area contributed by atoms with Gasteiger partial charge in [-0.2, -0.15) is 0 Å². The summed E-state index contributed by atoms with van der Waals surface area (Å²) in [5.41, 5.74) is 6.72. The van der Waals surface area contributed by atoms with Crippen LogP contribution in [-0.2, 0) is 0 Å². The van der Waals surface area contributed by atoms with Crippen LogP contribution in [0.25, 0.3) is 0 Å². The predicted molar refractivity (Wildman–Crippen MR) is 65.2 cm³/mol. The zero-order valence-corrected chi connectivity index (χ0v) is 10.2. The summed E-state index contributed by atoms with van der Waals surface area (Å²) >= 11 is 3.37. The normalized spacial score (nSPS) is 14.3. The van der Waals surface area contributed by atoms with Crippen LogP contribution < -0.4 is 11.1 Å². The van der Waals surface area contributed by atoms with Crippen molar-refractivity contribution in [1.82, 2.24) is 10.3 Å². The summed E-state index contributed by atoms with van der Waals surface area (Å²) in [7, 11) is 0. The highest BCUT2D eigenvalue weighted by atomic mass is 79.9. The maximum Gasteiger partial charge on any atom is 0.0663 e. The van der Waals surface area contributed by atoms with Gasteiger partial charge in [0.1, 0.15) is 0 Å². The molecule has 0 bridgehead atoms. The number of rotatable bonds is 4. The van der Waals surface area contributed by atoms with E-state index in [1.54, 1.807) is 12.4 Å². The van der Waals surface area contributed by atoms with Crippen molar-refractivity contribution in [3.8, 4) is 12.3 Å². The van der Waals surface area contributed by atoms with E-state index in [1.165, 1.54) is 0 Å². The van der Waals surface area contributed by atoms with Gasteiger partial charge in [0, 0.05) is 29.5 Å². The Morgan fingerprint density at radius 2 is 2.40 bits per heavy atom. The number of nitrogens with one attached hydrogen (secondary N) is 1. The van der Waals surface area contributed by atoms with Crippen molar-refractivity contribution in [2.75, 3.05) is 6.54 Å². The topological polar surface area (TPSA) is 50.9 Å². The minimum absolute atomic E-state index is 0.00229. The van der Waals surface area contributed by atoms with Gasteiger partial charge < -0.3 is 5.73 Å². The highest BCUT2D eigenvalue weighted by Gasteiger charge is 2.11. The van der Waals surface area contributed by atoms with E-state index in [0.717, 1.165) is 10.0 Å². The molecule has 0 aliphatic rings. The van der Waals surface area contributed by atoms with E-state index in [9.17, 15) is 0 Å². The van der Waals surface area contributed by atoms with Crippen LogP contribution in [0.2, 0.25) is 0 Å². The summed E-state index contributed by atoms with van der Waals surface area (Å²) < 4.78 is 0.939. The number of hydrogen-bond acceptors (Lipinski definition) is 3. The van der Waals surface area contributed by atoms with Crippen LogP contribution in [0.15, 0.2) is 22.9 Å². The molecule has 0 amide bonds. The lowest BCUT2D eigenvalue weighted by molar-refractivity contribution is 0.516. The molecule has 0 fully saturated rings. The number of terminal acetylenes is 1. The minimum atomic E-state index is -0.00229. The first kappa shape index (κ1) is 12.2. The van der Waals surface area contributed by atoms with Crippen LogP contribution in [0.3, 0.4) is 0 Å². The number of nitrogens with zero attached hydrogens (tertiary/aromatic N) is 1. The van der Waals surface area contributed by atoms with Crippen molar-refractivity contribution in [3.05, 3.63) is 28.5 Å². The Hall–Kier alpha value is -0.890. The van der Waals surface area contributed by atoms with Crippen molar-refractivity contribution in [3.63, 3.8) is 0 Å². The van der Waals surface area contributed by atoms with Gasteiger partial charge in [-0.05, 0) is 34.5 Å². The SMILES string of the molecule is C#CC(C)NC(CN)c1cncc(Br)c1. The quantitative estimate of drug-likeness (QED) is 0.813. The monoisotopic (exact) mass is 267 g/mol. The third kappa shape index (κ3) is 3.63. The number of aromatic nitrogens is 1. The molecule has 0 aromatic carbocycles. The molecule has 1 aromatic heterocycles. The summed E-state index contributed by atoms with van der Waals surface area (Å²) in [6.07, 6.45) is 8.83. The van der Waals surface area contributed by atoms with Gasteiger partial charge in [0.15, 0.2) is 0 Å². The molecule has 3 N–H and O–H groups in total. The molecule has 1 rings (SSSR count). The molecule has 4 heteroatoms. The molecule has 2 unspecified atom stereocenters. The average molecular weight is 268 g/mol. The summed E-state index contributed by atoms with van der Waals surface area (Å²) in [6.45, 7) is 2.41. The Bertz CT molecular complexity index is 359. The van der Waals surface area contributed by atoms with Crippen LogP contribution in [0, 0.1) is 12.3 Å². The number of nitrogens with two attached hydrogens (primary N) is 1. The molecule has 0 aliphatic carbocycles. The molecule has 80 valence electrons. The first-order chi connectivity index (χ1) is 7.17. The van der Waals surface area contributed by atoms with Crippen molar-refractivity contribution in [2.45, 2.75) is 19.0 Å². The lowest BCUT2D eigenvalue weighted by atomic mass is 10.1. The van der Waals surface area contributed by atoms with Crippen molar-refractivity contribution in [2.24, 2.45) is 5.73 Å². The van der Waals surface area contributed by atoms with Crippen LogP contribution in [0.1, 0.15) is 18.5 Å². The molecule has 0 saturated heterocycles. The molecule has 0 spiro atoms. The van der Waals surface area contributed by atoms with Gasteiger partial charge in [0.05, 0.1) is 6.04 Å². The second kappa shape index (κ2) is 5.86. The molecule has 15 heavy (non-hydrogen) atoms. The lowest BCUT2D eigenvalue weighted by Crippen LogP contribution is -2.34. The molecule has 0 saturated carbocycles. The molecule has 0 radical (unpaired) electrons. The number of pyridine rings is 1. The minimum Gasteiger partial charge on any atom is -0.329 e. The summed E-state index contributed by atoms with van der Waals surface area (Å²) in [6, 6.07) is 2.03. The fourth-order valence-electron chi connectivity index (χ4n) is 1.27. The van der Waals surface area contributed by atoms with E-state index < -0.39 is 0 Å². The molecule has 2 atom stereocenters. The molecule has 3 nitrogen and oxygen atoms in total. The third-order valence-electron chi connectivity index (χ3n) is 2.07. The van der Waals surface area contributed by atoms with E-state index in [4.69, 9.17) is 12.2 Å². The second-order valence-electron chi connectivity index (χ2n) is 3.28. The zero-order chi connectivity index (χ0) is 11.3.